The fourth-order valence-electron chi connectivity index (χ4n) is 3.58. The molecule has 0 bridgehead atoms. The number of nitrogens with one attached hydrogen (secondary N) is 1. The van der Waals surface area contributed by atoms with Crippen molar-refractivity contribution in [2.24, 2.45) is 11.7 Å². The Hall–Kier alpha value is -2.14. The molecule has 1 aromatic carbocycles. The van der Waals surface area contributed by atoms with Crippen molar-refractivity contribution in [2.75, 3.05) is 6.54 Å². The highest BCUT2D eigenvalue weighted by molar-refractivity contribution is 6.00. The van der Waals surface area contributed by atoms with E-state index in [0.29, 0.717) is 29.5 Å². The molecular formula is C19H25N3O2. The number of amides is 1. The molecule has 1 atom stereocenters. The lowest BCUT2D eigenvalue weighted by Crippen LogP contribution is -2.46. The van der Waals surface area contributed by atoms with Crippen LogP contribution >= 0.6 is 0 Å². The number of hydrogen-bond donors (Lipinski definition) is 2. The molecule has 1 saturated carbocycles. The molecule has 1 fully saturated rings. The minimum Gasteiger partial charge on any atom is -0.360 e. The van der Waals surface area contributed by atoms with E-state index in [9.17, 15) is 4.79 Å². The van der Waals surface area contributed by atoms with E-state index in [-0.39, 0.29) is 11.9 Å². The summed E-state index contributed by atoms with van der Waals surface area (Å²) in [6.07, 6.45) is 5.99. The monoisotopic (exact) mass is 327 g/mol. The second-order valence-electron chi connectivity index (χ2n) is 6.54. The van der Waals surface area contributed by atoms with Crippen LogP contribution < -0.4 is 11.1 Å². The van der Waals surface area contributed by atoms with E-state index in [1.807, 2.05) is 30.3 Å². The predicted molar refractivity (Wildman–Crippen MR) is 93.6 cm³/mol. The van der Waals surface area contributed by atoms with Gasteiger partial charge in [0.1, 0.15) is 17.0 Å². The zero-order valence-corrected chi connectivity index (χ0v) is 14.1. The first-order valence-electron chi connectivity index (χ1n) is 8.73. The molecule has 1 aromatic heterocycles. The van der Waals surface area contributed by atoms with Crippen LogP contribution in [0, 0.1) is 12.8 Å². The van der Waals surface area contributed by atoms with Gasteiger partial charge in [0, 0.05) is 18.2 Å². The molecule has 1 amide bonds. The molecule has 3 rings (SSSR count). The van der Waals surface area contributed by atoms with Crippen molar-refractivity contribution >= 4 is 5.91 Å². The van der Waals surface area contributed by atoms with Gasteiger partial charge < -0.3 is 15.6 Å². The van der Waals surface area contributed by atoms with Crippen molar-refractivity contribution in [3.63, 3.8) is 0 Å². The van der Waals surface area contributed by atoms with Crippen LogP contribution in [-0.2, 0) is 0 Å². The number of nitrogens with zero attached hydrogens (tertiary/aromatic N) is 1. The Morgan fingerprint density at radius 2 is 2.00 bits per heavy atom. The maximum Gasteiger partial charge on any atom is 0.257 e. The summed E-state index contributed by atoms with van der Waals surface area (Å²) in [5.74, 6) is 0.854. The van der Waals surface area contributed by atoms with Gasteiger partial charge in [-0.15, -0.1) is 0 Å². The first kappa shape index (κ1) is 16.7. The van der Waals surface area contributed by atoms with Gasteiger partial charge in [-0.05, 0) is 25.7 Å². The molecule has 5 heteroatoms. The second-order valence-corrected chi connectivity index (χ2v) is 6.54. The fourth-order valence-corrected chi connectivity index (χ4v) is 3.58. The Labute approximate surface area is 142 Å². The SMILES string of the molecule is Cc1onc(-c2ccccc2)c1C(=O)NC(CN)C1CCCCC1. The minimum absolute atomic E-state index is 0.00993. The summed E-state index contributed by atoms with van der Waals surface area (Å²) >= 11 is 0. The summed E-state index contributed by atoms with van der Waals surface area (Å²) < 4.78 is 5.29. The highest BCUT2D eigenvalue weighted by Crippen LogP contribution is 2.28. The number of aromatic nitrogens is 1. The number of nitrogens with two attached hydrogens (primary N) is 1. The summed E-state index contributed by atoms with van der Waals surface area (Å²) in [6.45, 7) is 2.23. The van der Waals surface area contributed by atoms with Crippen LogP contribution in [0.5, 0.6) is 0 Å². The summed E-state index contributed by atoms with van der Waals surface area (Å²) in [5.41, 5.74) is 7.91. The first-order valence-corrected chi connectivity index (χ1v) is 8.73. The van der Waals surface area contributed by atoms with Gasteiger partial charge in [-0.2, -0.15) is 0 Å². The molecule has 0 aliphatic heterocycles. The van der Waals surface area contributed by atoms with E-state index in [4.69, 9.17) is 10.3 Å². The quantitative estimate of drug-likeness (QED) is 0.883. The third kappa shape index (κ3) is 3.51. The Kier molecular flexibility index (Phi) is 5.30. The van der Waals surface area contributed by atoms with Crippen molar-refractivity contribution in [3.05, 3.63) is 41.7 Å². The molecule has 0 saturated heterocycles. The second kappa shape index (κ2) is 7.62. The highest BCUT2D eigenvalue weighted by atomic mass is 16.5. The Morgan fingerprint density at radius 3 is 2.67 bits per heavy atom. The molecule has 1 heterocycles. The van der Waals surface area contributed by atoms with Gasteiger partial charge in [-0.25, -0.2) is 0 Å². The molecule has 1 aliphatic rings. The van der Waals surface area contributed by atoms with Gasteiger partial charge in [-0.1, -0.05) is 54.8 Å². The van der Waals surface area contributed by atoms with Crippen LogP contribution in [0.25, 0.3) is 11.3 Å². The molecule has 3 N–H and O–H groups in total. The van der Waals surface area contributed by atoms with Gasteiger partial charge in [0.15, 0.2) is 0 Å². The van der Waals surface area contributed by atoms with Crippen molar-refractivity contribution < 1.29 is 9.32 Å². The molecule has 128 valence electrons. The zero-order chi connectivity index (χ0) is 16.9. The molecule has 2 aromatic rings. The lowest BCUT2D eigenvalue weighted by Gasteiger charge is -2.30. The Balaban J connectivity index is 1.81. The van der Waals surface area contributed by atoms with Crippen molar-refractivity contribution in [3.8, 4) is 11.3 Å². The fraction of sp³-hybridized carbons (Fsp3) is 0.474. The van der Waals surface area contributed by atoms with Gasteiger partial charge in [0.25, 0.3) is 5.91 Å². The summed E-state index contributed by atoms with van der Waals surface area (Å²) in [4.78, 5) is 12.9. The maximum absolute atomic E-state index is 12.9. The highest BCUT2D eigenvalue weighted by Gasteiger charge is 2.27. The normalized spacial score (nSPS) is 16.8. The Bertz CT molecular complexity index is 675. The molecule has 24 heavy (non-hydrogen) atoms. The number of benzene rings is 1. The van der Waals surface area contributed by atoms with E-state index in [0.717, 1.165) is 18.4 Å². The largest absolute Gasteiger partial charge is 0.360 e. The molecule has 0 spiro atoms. The number of aryl methyl sites for hydroxylation is 1. The standard InChI is InChI=1S/C19H25N3O2/c1-13-17(18(22-24-13)15-10-6-3-7-11-15)19(23)21-16(12-20)14-8-4-2-5-9-14/h3,6-7,10-11,14,16H,2,4-5,8-9,12,20H2,1H3,(H,21,23). The summed E-state index contributed by atoms with van der Waals surface area (Å²) in [7, 11) is 0. The van der Waals surface area contributed by atoms with Crippen molar-refractivity contribution in [2.45, 2.75) is 45.1 Å². The third-order valence-corrected chi connectivity index (χ3v) is 4.93. The van der Waals surface area contributed by atoms with Crippen molar-refractivity contribution in [1.29, 1.82) is 0 Å². The number of carbonyl (C=O) groups excluding carboxylic acids is 1. The van der Waals surface area contributed by atoms with Crippen LogP contribution in [0.15, 0.2) is 34.9 Å². The molecule has 0 radical (unpaired) electrons. The van der Waals surface area contributed by atoms with E-state index < -0.39 is 0 Å². The molecule has 1 aliphatic carbocycles. The summed E-state index contributed by atoms with van der Waals surface area (Å²) in [6, 6.07) is 9.64. The van der Waals surface area contributed by atoms with E-state index >= 15 is 0 Å². The van der Waals surface area contributed by atoms with Crippen LogP contribution in [0.3, 0.4) is 0 Å². The molecule has 1 unspecified atom stereocenters. The first-order chi connectivity index (χ1) is 11.7. The van der Waals surface area contributed by atoms with E-state index in [1.165, 1.54) is 19.3 Å². The van der Waals surface area contributed by atoms with E-state index in [1.54, 1.807) is 6.92 Å². The maximum atomic E-state index is 12.9. The minimum atomic E-state index is -0.145. The lowest BCUT2D eigenvalue weighted by molar-refractivity contribution is 0.0914. The lowest BCUT2D eigenvalue weighted by atomic mass is 9.83. The number of carbonyl (C=O) groups is 1. The van der Waals surface area contributed by atoms with Gasteiger partial charge in [0.2, 0.25) is 0 Å². The number of hydrogen-bond acceptors (Lipinski definition) is 4. The van der Waals surface area contributed by atoms with Gasteiger partial charge in [0.05, 0.1) is 0 Å². The third-order valence-electron chi connectivity index (χ3n) is 4.93. The van der Waals surface area contributed by atoms with Gasteiger partial charge >= 0.3 is 0 Å². The average molecular weight is 327 g/mol. The topological polar surface area (TPSA) is 81.2 Å². The van der Waals surface area contributed by atoms with Crippen molar-refractivity contribution in [1.82, 2.24) is 10.5 Å². The van der Waals surface area contributed by atoms with Gasteiger partial charge in [-0.3, -0.25) is 4.79 Å². The van der Waals surface area contributed by atoms with E-state index in [2.05, 4.69) is 10.5 Å². The van der Waals surface area contributed by atoms with Crippen LogP contribution in [0.1, 0.15) is 48.2 Å². The van der Waals surface area contributed by atoms with Crippen LogP contribution in [0.4, 0.5) is 0 Å². The van der Waals surface area contributed by atoms with Crippen LogP contribution in [0.2, 0.25) is 0 Å². The average Bonchev–Trinajstić information content (AvgIpc) is 3.02. The molecule has 5 nitrogen and oxygen atoms in total. The van der Waals surface area contributed by atoms with Crippen LogP contribution in [-0.4, -0.2) is 23.7 Å². The zero-order valence-electron chi connectivity index (χ0n) is 14.1. The molecular weight excluding hydrogens is 302 g/mol. The summed E-state index contributed by atoms with van der Waals surface area (Å²) in [5, 5.41) is 7.21. The number of rotatable bonds is 5. The smallest absolute Gasteiger partial charge is 0.257 e. The Morgan fingerprint density at radius 1 is 1.29 bits per heavy atom. The predicted octanol–water partition coefficient (Wildman–Crippen LogP) is 3.29.